The molecule has 24 heavy (non-hydrogen) atoms. The van der Waals surface area contributed by atoms with Crippen LogP contribution in [0.25, 0.3) is 0 Å². The maximum atomic E-state index is 10.2. The first kappa shape index (κ1) is 19.1. The minimum atomic E-state index is -0.697. The van der Waals surface area contributed by atoms with Gasteiger partial charge in [0, 0.05) is 18.6 Å². The molecule has 3 N–H and O–H groups in total. The lowest BCUT2D eigenvalue weighted by Gasteiger charge is -2.27. The topological polar surface area (TPSA) is 47.5 Å². The van der Waals surface area contributed by atoms with Gasteiger partial charge in [0.25, 0.3) is 0 Å². The number of nitrogens with one attached hydrogen (secondary N) is 2. The van der Waals surface area contributed by atoms with Gasteiger partial charge in [0.1, 0.15) is 0 Å². The van der Waals surface area contributed by atoms with Crippen LogP contribution in [0.4, 0.5) is 0 Å². The lowest BCUT2D eigenvalue weighted by atomic mass is 10.1. The Morgan fingerprint density at radius 1 is 1.08 bits per heavy atom. The van der Waals surface area contributed by atoms with E-state index < -0.39 is 6.35 Å². The van der Waals surface area contributed by atoms with E-state index in [4.69, 9.17) is 0 Å². The van der Waals surface area contributed by atoms with E-state index in [0.717, 1.165) is 19.4 Å². The fourth-order valence-electron chi connectivity index (χ4n) is 2.72. The van der Waals surface area contributed by atoms with Gasteiger partial charge < -0.3 is 10.0 Å². The zero-order valence-electron chi connectivity index (χ0n) is 14.8. The van der Waals surface area contributed by atoms with E-state index in [2.05, 4.69) is 77.6 Å². The van der Waals surface area contributed by atoms with Crippen molar-refractivity contribution in [1.82, 2.24) is 15.5 Å². The Kier molecular flexibility index (Phi) is 7.88. The minimum absolute atomic E-state index is 0.217. The second-order valence-electron chi connectivity index (χ2n) is 6.52. The van der Waals surface area contributed by atoms with Crippen LogP contribution in [0, 0.1) is 0 Å². The van der Waals surface area contributed by atoms with Gasteiger partial charge in [-0.3, -0.25) is 10.6 Å². The number of aliphatic hydroxyl groups is 1. The van der Waals surface area contributed by atoms with Gasteiger partial charge in [-0.25, -0.2) is 0 Å². The summed E-state index contributed by atoms with van der Waals surface area (Å²) in [6, 6.07) is 13.1. The Bertz CT molecular complexity index is 559. The molecule has 0 amide bonds. The molecule has 0 radical (unpaired) electrons. The molecule has 0 saturated carbocycles. The number of aliphatic hydroxyl groups excluding tert-OH is 1. The predicted molar refractivity (Wildman–Crippen MR) is 102 cm³/mol. The first-order valence-electron chi connectivity index (χ1n) is 8.43. The number of benzene rings is 1. The molecule has 4 nitrogen and oxygen atoms in total. The molecule has 0 saturated heterocycles. The third kappa shape index (κ3) is 6.71. The summed E-state index contributed by atoms with van der Waals surface area (Å²) < 4.78 is 0. The van der Waals surface area contributed by atoms with Crippen LogP contribution in [0.1, 0.15) is 18.1 Å². The number of hydrogen-bond acceptors (Lipinski definition) is 5. The third-order valence-corrected chi connectivity index (χ3v) is 4.89. The summed E-state index contributed by atoms with van der Waals surface area (Å²) in [4.78, 5) is 2.20. The van der Waals surface area contributed by atoms with Crippen LogP contribution in [0.3, 0.4) is 0 Å². The highest BCUT2D eigenvalue weighted by Crippen LogP contribution is 2.09. The minimum Gasteiger partial charge on any atom is -0.365 e. The zero-order valence-corrected chi connectivity index (χ0v) is 15.6. The molecule has 2 aromatic rings. The second kappa shape index (κ2) is 9.91. The second-order valence-corrected chi connectivity index (χ2v) is 7.30. The SMILES string of the molecule is C[C@@H](Cc1ccsc1)NC(O)NCC(Cc1ccccc1)N(C)C. The Morgan fingerprint density at radius 2 is 1.83 bits per heavy atom. The first-order valence-corrected chi connectivity index (χ1v) is 9.38. The summed E-state index contributed by atoms with van der Waals surface area (Å²) in [5, 5.41) is 20.9. The molecule has 1 aromatic heterocycles. The largest absolute Gasteiger partial charge is 0.365 e. The molecule has 2 unspecified atom stereocenters. The van der Waals surface area contributed by atoms with Gasteiger partial charge in [0.05, 0.1) is 0 Å². The number of nitrogens with zero attached hydrogens (tertiary/aromatic N) is 1. The Hall–Kier alpha value is -1.24. The summed E-state index contributed by atoms with van der Waals surface area (Å²) in [5.74, 6) is 0. The normalized spacial score (nSPS) is 15.4. The molecular weight excluding hydrogens is 318 g/mol. The number of likely N-dealkylation sites (N-methyl/N-ethyl adjacent to an activating group) is 1. The highest BCUT2D eigenvalue weighted by molar-refractivity contribution is 7.07. The van der Waals surface area contributed by atoms with Crippen molar-refractivity contribution in [2.45, 2.75) is 38.2 Å². The van der Waals surface area contributed by atoms with Crippen LogP contribution < -0.4 is 10.6 Å². The molecule has 0 aliphatic rings. The molecule has 0 aliphatic heterocycles. The summed E-state index contributed by atoms with van der Waals surface area (Å²) in [6.45, 7) is 2.82. The molecule has 5 heteroatoms. The van der Waals surface area contributed by atoms with Gasteiger partial charge in [-0.05, 0) is 61.8 Å². The molecule has 1 heterocycles. The standard InChI is InChI=1S/C19H29N3OS/c1-15(11-17-9-10-24-14-17)21-19(23)20-13-18(22(2)3)12-16-7-5-4-6-8-16/h4-10,14-15,18-21,23H,11-13H2,1-3H3/t15-,18?,19?/m0/s1. The van der Waals surface area contributed by atoms with Crippen molar-refractivity contribution in [3.63, 3.8) is 0 Å². The van der Waals surface area contributed by atoms with Crippen LogP contribution in [0.2, 0.25) is 0 Å². The lowest BCUT2D eigenvalue weighted by molar-refractivity contribution is 0.0818. The van der Waals surface area contributed by atoms with Gasteiger partial charge in [-0.15, -0.1) is 0 Å². The summed E-state index contributed by atoms with van der Waals surface area (Å²) in [6.07, 6.45) is 1.18. The average Bonchev–Trinajstić information content (AvgIpc) is 3.04. The molecule has 1 aromatic carbocycles. The summed E-state index contributed by atoms with van der Waals surface area (Å²) in [7, 11) is 4.16. The fraction of sp³-hybridized carbons (Fsp3) is 0.474. The van der Waals surface area contributed by atoms with Gasteiger partial charge in [0.15, 0.2) is 6.35 Å². The van der Waals surface area contributed by atoms with Crippen molar-refractivity contribution in [2.24, 2.45) is 0 Å². The van der Waals surface area contributed by atoms with E-state index in [1.165, 1.54) is 11.1 Å². The number of hydrogen-bond donors (Lipinski definition) is 3. The molecule has 0 bridgehead atoms. The van der Waals surface area contributed by atoms with E-state index in [1.54, 1.807) is 11.3 Å². The average molecular weight is 348 g/mol. The highest BCUT2D eigenvalue weighted by atomic mass is 32.1. The van der Waals surface area contributed by atoms with E-state index in [1.807, 2.05) is 6.07 Å². The smallest absolute Gasteiger partial charge is 0.160 e. The number of thiophene rings is 1. The van der Waals surface area contributed by atoms with Crippen molar-refractivity contribution in [3.8, 4) is 0 Å². The van der Waals surface area contributed by atoms with E-state index >= 15 is 0 Å². The molecule has 2 rings (SSSR count). The molecular formula is C19H29N3OS. The van der Waals surface area contributed by atoms with Crippen molar-refractivity contribution in [3.05, 3.63) is 58.3 Å². The molecule has 0 aliphatic carbocycles. The highest BCUT2D eigenvalue weighted by Gasteiger charge is 2.15. The molecule has 3 atom stereocenters. The van der Waals surface area contributed by atoms with E-state index in [-0.39, 0.29) is 6.04 Å². The van der Waals surface area contributed by atoms with Crippen molar-refractivity contribution < 1.29 is 5.11 Å². The van der Waals surface area contributed by atoms with Crippen LogP contribution >= 0.6 is 11.3 Å². The van der Waals surface area contributed by atoms with Gasteiger partial charge in [-0.1, -0.05) is 30.3 Å². The Balaban J connectivity index is 1.76. The fourth-order valence-corrected chi connectivity index (χ4v) is 3.40. The van der Waals surface area contributed by atoms with Gasteiger partial charge >= 0.3 is 0 Å². The van der Waals surface area contributed by atoms with Crippen LogP contribution in [-0.2, 0) is 12.8 Å². The van der Waals surface area contributed by atoms with Crippen LogP contribution in [-0.4, -0.2) is 49.1 Å². The Morgan fingerprint density at radius 3 is 2.46 bits per heavy atom. The third-order valence-electron chi connectivity index (χ3n) is 4.16. The van der Waals surface area contributed by atoms with Crippen LogP contribution in [0.5, 0.6) is 0 Å². The molecule has 132 valence electrons. The summed E-state index contributed by atoms with van der Waals surface area (Å²) >= 11 is 1.71. The molecule has 0 spiro atoms. The maximum absolute atomic E-state index is 10.2. The monoisotopic (exact) mass is 347 g/mol. The quantitative estimate of drug-likeness (QED) is 0.577. The predicted octanol–water partition coefficient (Wildman–Crippen LogP) is 2.31. The van der Waals surface area contributed by atoms with E-state index in [0.29, 0.717) is 6.04 Å². The van der Waals surface area contributed by atoms with Gasteiger partial charge in [0.2, 0.25) is 0 Å². The number of rotatable bonds is 10. The first-order chi connectivity index (χ1) is 11.5. The zero-order chi connectivity index (χ0) is 17.4. The van der Waals surface area contributed by atoms with Crippen molar-refractivity contribution in [2.75, 3.05) is 20.6 Å². The van der Waals surface area contributed by atoms with Gasteiger partial charge in [-0.2, -0.15) is 11.3 Å². The van der Waals surface area contributed by atoms with E-state index in [9.17, 15) is 5.11 Å². The van der Waals surface area contributed by atoms with Crippen LogP contribution in [0.15, 0.2) is 47.2 Å². The summed E-state index contributed by atoms with van der Waals surface area (Å²) in [5.41, 5.74) is 2.62. The molecule has 0 fully saturated rings. The van der Waals surface area contributed by atoms with Crippen molar-refractivity contribution in [1.29, 1.82) is 0 Å². The lowest BCUT2D eigenvalue weighted by Crippen LogP contribution is -2.51. The Labute approximate surface area is 149 Å². The van der Waals surface area contributed by atoms with Crippen molar-refractivity contribution >= 4 is 11.3 Å². The maximum Gasteiger partial charge on any atom is 0.160 e.